The minimum Gasteiger partial charge on any atom is -0.309 e. The Hall–Kier alpha value is -16.8. The molecule has 132 heavy (non-hydrogen) atoms. The number of nitrogens with zero attached hydrogens (tertiary/aromatic N) is 10. The summed E-state index contributed by atoms with van der Waals surface area (Å²) >= 11 is 5.64. The van der Waals surface area contributed by atoms with Crippen LogP contribution in [0.25, 0.3) is 268 Å². The molecule has 0 amide bonds. The van der Waals surface area contributed by atoms with E-state index < -0.39 is 0 Å². The van der Waals surface area contributed by atoms with Gasteiger partial charge >= 0.3 is 0 Å². The third-order valence-corrected chi connectivity index (χ3v) is 29.6. The van der Waals surface area contributed by atoms with Crippen molar-refractivity contribution in [3.63, 3.8) is 0 Å². The summed E-state index contributed by atoms with van der Waals surface area (Å²) in [4.78, 5) is 35.1. The molecular formula is C119H70N10S3. The Morgan fingerprint density at radius 1 is 0.174 bits per heavy atom. The molecule has 0 atom stereocenters. The molecule has 3 aliphatic rings. The van der Waals surface area contributed by atoms with E-state index in [0.717, 1.165) is 56.1 Å². The molecule has 0 radical (unpaired) electrons. The largest absolute Gasteiger partial charge is 0.309 e. The van der Waals surface area contributed by atoms with Gasteiger partial charge in [0.15, 0.2) is 29.1 Å². The van der Waals surface area contributed by atoms with Gasteiger partial charge in [0.05, 0.1) is 33.6 Å². The molecule has 17 aromatic carbocycles. The molecule has 0 spiro atoms. The van der Waals surface area contributed by atoms with Gasteiger partial charge in [-0.3, -0.25) is 9.13 Å². The van der Waals surface area contributed by atoms with E-state index in [1.807, 2.05) is 143 Å². The van der Waals surface area contributed by atoms with E-state index in [1.54, 1.807) is 0 Å². The van der Waals surface area contributed by atoms with Gasteiger partial charge in [-0.2, -0.15) is 9.97 Å². The lowest BCUT2D eigenvalue weighted by Gasteiger charge is -2.15. The number of benzene rings is 17. The van der Waals surface area contributed by atoms with Gasteiger partial charge in [-0.25, -0.2) is 24.9 Å². The first-order valence-corrected chi connectivity index (χ1v) is 46.8. The molecule has 9 heterocycles. The molecule has 0 N–H and O–H groups in total. The van der Waals surface area contributed by atoms with Crippen molar-refractivity contribution >= 4 is 127 Å². The van der Waals surface area contributed by atoms with Crippen LogP contribution in [0.5, 0.6) is 0 Å². The summed E-state index contributed by atoms with van der Waals surface area (Å²) in [7, 11) is 0. The van der Waals surface area contributed by atoms with E-state index >= 15 is 0 Å². The Labute approximate surface area is 769 Å². The highest BCUT2D eigenvalue weighted by molar-refractivity contribution is 7.27. The summed E-state index contributed by atoms with van der Waals surface area (Å²) in [6, 6.07) is 148. The molecule has 0 saturated carbocycles. The number of aromatic nitrogens is 10. The molecule has 29 rings (SSSR count). The van der Waals surface area contributed by atoms with E-state index in [4.69, 9.17) is 34.9 Å². The van der Waals surface area contributed by atoms with Crippen molar-refractivity contribution in [3.8, 4) is 175 Å². The van der Waals surface area contributed by atoms with Crippen molar-refractivity contribution < 1.29 is 0 Å². The molecule has 614 valence electrons. The standard InChI is InChI=1S/C47H28N4S.C41H24N4S.C31H18N2S/c1-4-13-29(14-5-1)44-43-36-21-12-24-39-42(36)41-35(20-11-23-38(41)52-39)34-19-10-22-37(40(34)43)51(44)33-27-25-32(26-28-33)47-49-45(30-15-6-2-7-16-30)48-46(50-47)31-17-8-3-9-18-31;1-4-13-25(14-5-1)38-37-30-21-12-24-33-36(30)35-29(20-11-23-32(35)46-33)28-19-10-22-31(34(28)37)45(38)41-43-39(26-15-6-2-7-16-26)42-40(44-41)27-17-8-3-9-18-27;1-2-9-19(10-3-1)31-30-22-13-8-16-25-29(22)28-21(12-7-15-24(28)34-25)20-11-6-14-23(27(20)30)33(31)26-17-4-5-18-32-26/h1-28H;1-24H;1-18H. The third-order valence-electron chi connectivity index (χ3n) is 26.2. The molecule has 0 fully saturated rings. The zero-order valence-electron chi connectivity index (χ0n) is 70.6. The van der Waals surface area contributed by atoms with Crippen molar-refractivity contribution in [1.29, 1.82) is 0 Å². The SMILES string of the molecule is c1ccc(-c2c3c4c(cccc4n2-c2ccccn2)-c2cccc4sc5cccc-3c5c24)cc1.c1ccc(-c2nc(-c3ccccc3)nc(-c3ccc(-n4c(-c5ccccc5)c5c6c(cccc64)-c4cccc6sc7cccc-5c7c46)cc3)n2)cc1.c1ccc(-c2nc(-c3ccccc3)nc(-n3c(-c4ccccc4)c4c5c(cccc53)-c3cccc5sc6cccc-4c6c35)n2)cc1. The maximum atomic E-state index is 5.22. The normalized spacial score (nSPS) is 11.9. The molecule has 9 aromatic heterocycles. The average Bonchev–Trinajstić information content (AvgIpc) is 1.54. The van der Waals surface area contributed by atoms with Crippen LogP contribution in [0.2, 0.25) is 0 Å². The number of hydrogen-bond donors (Lipinski definition) is 0. The highest BCUT2D eigenvalue weighted by Crippen LogP contribution is 2.59. The van der Waals surface area contributed by atoms with Crippen LogP contribution >= 0.6 is 34.0 Å². The highest BCUT2D eigenvalue weighted by atomic mass is 32.1. The fourth-order valence-electron chi connectivity index (χ4n) is 20.8. The van der Waals surface area contributed by atoms with E-state index in [9.17, 15) is 0 Å². The van der Waals surface area contributed by atoms with Gasteiger partial charge in [-0.15, -0.1) is 34.0 Å². The zero-order chi connectivity index (χ0) is 86.6. The van der Waals surface area contributed by atoms with Crippen molar-refractivity contribution in [2.24, 2.45) is 0 Å². The second-order valence-electron chi connectivity index (χ2n) is 33.5. The van der Waals surface area contributed by atoms with Crippen LogP contribution < -0.4 is 0 Å². The second kappa shape index (κ2) is 30.5. The summed E-state index contributed by atoms with van der Waals surface area (Å²) in [5.41, 5.74) is 31.5. The van der Waals surface area contributed by atoms with Crippen molar-refractivity contribution in [2.75, 3.05) is 0 Å². The van der Waals surface area contributed by atoms with Gasteiger partial charge in [0.2, 0.25) is 5.95 Å². The van der Waals surface area contributed by atoms with E-state index in [0.29, 0.717) is 35.1 Å². The van der Waals surface area contributed by atoms with Crippen LogP contribution in [0.4, 0.5) is 0 Å². The lowest BCUT2D eigenvalue weighted by atomic mass is 9.95. The first kappa shape index (κ1) is 75.3. The Bertz CT molecular complexity index is 9050. The monoisotopic (exact) mass is 1730 g/mol. The predicted octanol–water partition coefficient (Wildman–Crippen LogP) is 32.0. The average molecular weight is 1740 g/mol. The minimum atomic E-state index is 0.594. The van der Waals surface area contributed by atoms with Crippen LogP contribution in [0.15, 0.2) is 425 Å². The summed E-state index contributed by atoms with van der Waals surface area (Å²) < 4.78 is 15.0. The smallest absolute Gasteiger partial charge is 0.238 e. The number of fused-ring (bicyclic) bond motifs is 6. The number of thiophene rings is 3. The molecular weight excluding hydrogens is 1670 g/mol. The Balaban J connectivity index is 0.000000103. The van der Waals surface area contributed by atoms with Crippen molar-refractivity contribution in [1.82, 2.24) is 48.6 Å². The Kier molecular flexibility index (Phi) is 17.4. The van der Waals surface area contributed by atoms with Gasteiger partial charge in [0.1, 0.15) is 5.82 Å². The zero-order valence-corrected chi connectivity index (χ0v) is 73.1. The van der Waals surface area contributed by atoms with Crippen molar-refractivity contribution in [2.45, 2.75) is 0 Å². The Morgan fingerprint density at radius 2 is 0.424 bits per heavy atom. The van der Waals surface area contributed by atoms with Crippen LogP contribution in [-0.2, 0) is 0 Å². The molecule has 13 heteroatoms. The van der Waals surface area contributed by atoms with Gasteiger partial charge < -0.3 is 4.57 Å². The molecule has 26 aromatic rings. The quantitative estimate of drug-likeness (QED) is 0.127. The summed E-state index contributed by atoms with van der Waals surface area (Å²) in [6.07, 6.45) is 1.88. The summed E-state index contributed by atoms with van der Waals surface area (Å²) in [5, 5.41) is 11.9. The van der Waals surface area contributed by atoms with Gasteiger partial charge in [0.25, 0.3) is 0 Å². The van der Waals surface area contributed by atoms with Crippen LogP contribution in [0, 0.1) is 0 Å². The molecule has 10 nitrogen and oxygen atoms in total. The first-order valence-electron chi connectivity index (χ1n) is 44.3. The molecule has 3 aliphatic carbocycles. The van der Waals surface area contributed by atoms with Gasteiger partial charge in [-0.1, -0.05) is 328 Å². The van der Waals surface area contributed by atoms with Crippen LogP contribution in [0.3, 0.4) is 0 Å². The maximum Gasteiger partial charge on any atom is 0.238 e. The fraction of sp³-hybridized carbons (Fsp3) is 0. The highest BCUT2D eigenvalue weighted by Gasteiger charge is 2.35. The van der Waals surface area contributed by atoms with Crippen molar-refractivity contribution in [3.05, 3.63) is 425 Å². The fourth-order valence-corrected chi connectivity index (χ4v) is 24.3. The predicted molar refractivity (Wildman–Crippen MR) is 550 cm³/mol. The third kappa shape index (κ3) is 11.8. The molecule has 0 bridgehead atoms. The molecule has 0 aliphatic heterocycles. The lowest BCUT2D eigenvalue weighted by Crippen LogP contribution is -2.08. The number of hydrogen-bond acceptors (Lipinski definition) is 10. The van der Waals surface area contributed by atoms with Gasteiger partial charge in [0, 0.05) is 133 Å². The van der Waals surface area contributed by atoms with Crippen LogP contribution in [0.1, 0.15) is 0 Å². The molecule has 0 saturated heterocycles. The maximum absolute atomic E-state index is 5.22. The van der Waals surface area contributed by atoms with E-state index in [-0.39, 0.29) is 0 Å². The van der Waals surface area contributed by atoms with E-state index in [1.165, 1.54) is 177 Å². The Morgan fingerprint density at radius 3 is 0.750 bits per heavy atom. The van der Waals surface area contributed by atoms with E-state index in [2.05, 4.69) is 329 Å². The van der Waals surface area contributed by atoms with Crippen LogP contribution in [-0.4, -0.2) is 48.6 Å². The number of pyridine rings is 1. The molecule has 0 unspecified atom stereocenters. The summed E-state index contributed by atoms with van der Waals surface area (Å²) in [6.45, 7) is 0. The second-order valence-corrected chi connectivity index (χ2v) is 36.8. The van der Waals surface area contributed by atoms with Gasteiger partial charge in [-0.05, 0) is 158 Å². The number of rotatable bonds is 11. The topological polar surface area (TPSA) is 105 Å². The first-order chi connectivity index (χ1) is 65.5. The lowest BCUT2D eigenvalue weighted by molar-refractivity contribution is 0.938. The summed E-state index contributed by atoms with van der Waals surface area (Å²) in [5.74, 6) is 4.76. The minimum absolute atomic E-state index is 0.594.